The van der Waals surface area contributed by atoms with Crippen LogP contribution in [0.25, 0.3) is 20.8 Å². The molecule has 0 fully saturated rings. The molecule has 1 aliphatic rings. The smallest absolute Gasteiger partial charge is 0.226 e. The van der Waals surface area contributed by atoms with Gasteiger partial charge in [-0.05, 0) is 44.5 Å². The first kappa shape index (κ1) is 20.5. The van der Waals surface area contributed by atoms with Crippen molar-refractivity contribution in [1.82, 2.24) is 15.2 Å². The SMILES string of the molecule is CCC(C)NCCC(=O)Nc1sc2c(c1-c1nc3ccccc3s1)CCN(C)C2. The number of fused-ring (bicyclic) bond motifs is 2. The van der Waals surface area contributed by atoms with Gasteiger partial charge < -0.3 is 15.5 Å². The van der Waals surface area contributed by atoms with E-state index in [0.717, 1.165) is 47.0 Å². The molecule has 3 heterocycles. The van der Waals surface area contributed by atoms with Gasteiger partial charge in [-0.15, -0.1) is 22.7 Å². The van der Waals surface area contributed by atoms with Crippen LogP contribution in [0.2, 0.25) is 0 Å². The molecule has 1 atom stereocenters. The van der Waals surface area contributed by atoms with Gasteiger partial charge in [-0.3, -0.25) is 4.79 Å². The number of amides is 1. The largest absolute Gasteiger partial charge is 0.317 e. The summed E-state index contributed by atoms with van der Waals surface area (Å²) in [6.07, 6.45) is 2.54. The fourth-order valence-corrected chi connectivity index (χ4v) is 6.04. The lowest BCUT2D eigenvalue weighted by Crippen LogP contribution is -2.28. The van der Waals surface area contributed by atoms with Gasteiger partial charge in [0.2, 0.25) is 5.91 Å². The first-order chi connectivity index (χ1) is 14.0. The molecule has 7 heteroatoms. The maximum absolute atomic E-state index is 12.6. The summed E-state index contributed by atoms with van der Waals surface area (Å²) < 4.78 is 1.19. The second-order valence-corrected chi connectivity index (χ2v) is 9.88. The van der Waals surface area contributed by atoms with E-state index in [9.17, 15) is 4.79 Å². The summed E-state index contributed by atoms with van der Waals surface area (Å²) in [5.74, 6) is 0.0649. The second-order valence-electron chi connectivity index (χ2n) is 7.74. The van der Waals surface area contributed by atoms with E-state index < -0.39 is 0 Å². The molecule has 1 aliphatic heterocycles. The Morgan fingerprint density at radius 2 is 2.14 bits per heavy atom. The van der Waals surface area contributed by atoms with Gasteiger partial charge in [0, 0.05) is 42.5 Å². The standard InChI is InChI=1S/C22H28N4OS2/c1-4-14(2)23-11-9-19(27)25-22-20(15-10-12-26(3)13-18(15)29-22)21-24-16-7-5-6-8-17(16)28-21/h5-8,14,23H,4,9-13H2,1-3H3,(H,25,27). The summed E-state index contributed by atoms with van der Waals surface area (Å²) in [7, 11) is 2.15. The van der Waals surface area contributed by atoms with Crippen LogP contribution < -0.4 is 10.6 Å². The van der Waals surface area contributed by atoms with E-state index in [1.54, 1.807) is 22.7 Å². The van der Waals surface area contributed by atoms with Crippen LogP contribution in [0.5, 0.6) is 0 Å². The molecule has 0 aliphatic carbocycles. The van der Waals surface area contributed by atoms with Gasteiger partial charge >= 0.3 is 0 Å². The molecule has 0 spiro atoms. The predicted molar refractivity (Wildman–Crippen MR) is 124 cm³/mol. The number of rotatable bonds is 7. The Balaban J connectivity index is 1.62. The van der Waals surface area contributed by atoms with Gasteiger partial charge in [0.15, 0.2) is 0 Å². The van der Waals surface area contributed by atoms with Crippen molar-refractivity contribution >= 4 is 43.8 Å². The topological polar surface area (TPSA) is 57.3 Å². The highest BCUT2D eigenvalue weighted by atomic mass is 32.1. The third kappa shape index (κ3) is 4.53. The molecule has 0 radical (unpaired) electrons. The van der Waals surface area contributed by atoms with Crippen LogP contribution in [-0.2, 0) is 17.8 Å². The number of hydrogen-bond acceptors (Lipinski definition) is 6. The number of thiophene rings is 1. The van der Waals surface area contributed by atoms with Gasteiger partial charge in [0.05, 0.1) is 10.2 Å². The quantitative estimate of drug-likeness (QED) is 0.571. The number of nitrogens with one attached hydrogen (secondary N) is 2. The number of carbonyl (C=O) groups is 1. The van der Waals surface area contributed by atoms with Gasteiger partial charge in [-0.2, -0.15) is 0 Å². The van der Waals surface area contributed by atoms with Crippen molar-refractivity contribution in [2.75, 3.05) is 25.5 Å². The molecule has 4 rings (SSSR count). The first-order valence-corrected chi connectivity index (χ1v) is 11.9. The van der Waals surface area contributed by atoms with Crippen LogP contribution >= 0.6 is 22.7 Å². The van der Waals surface area contributed by atoms with Crippen molar-refractivity contribution in [2.24, 2.45) is 0 Å². The molecule has 1 amide bonds. The van der Waals surface area contributed by atoms with Crippen LogP contribution in [0.4, 0.5) is 5.00 Å². The average Bonchev–Trinajstić information content (AvgIpc) is 3.27. The number of benzene rings is 1. The number of aromatic nitrogens is 1. The maximum atomic E-state index is 12.6. The van der Waals surface area contributed by atoms with E-state index in [2.05, 4.69) is 54.6 Å². The van der Waals surface area contributed by atoms with E-state index in [-0.39, 0.29) is 5.91 Å². The van der Waals surface area contributed by atoms with E-state index in [1.807, 2.05) is 6.07 Å². The monoisotopic (exact) mass is 428 g/mol. The van der Waals surface area contributed by atoms with Crippen LogP contribution in [0, 0.1) is 0 Å². The lowest BCUT2D eigenvalue weighted by Gasteiger charge is -2.22. The average molecular weight is 429 g/mol. The fraction of sp³-hybridized carbons (Fsp3) is 0.455. The predicted octanol–water partition coefficient (Wildman–Crippen LogP) is 4.73. The van der Waals surface area contributed by atoms with Crippen molar-refractivity contribution in [3.05, 3.63) is 34.7 Å². The van der Waals surface area contributed by atoms with Crippen molar-refractivity contribution < 1.29 is 4.79 Å². The van der Waals surface area contributed by atoms with Crippen LogP contribution in [0.1, 0.15) is 37.1 Å². The lowest BCUT2D eigenvalue weighted by atomic mass is 10.0. The summed E-state index contributed by atoms with van der Waals surface area (Å²) in [5.41, 5.74) is 3.53. The molecule has 1 aromatic carbocycles. The number of nitrogens with zero attached hydrogens (tertiary/aromatic N) is 2. The highest BCUT2D eigenvalue weighted by Gasteiger charge is 2.26. The molecule has 29 heavy (non-hydrogen) atoms. The molecular formula is C22H28N4OS2. The molecule has 3 aromatic rings. The Morgan fingerprint density at radius 3 is 2.93 bits per heavy atom. The summed E-state index contributed by atoms with van der Waals surface area (Å²) in [4.78, 5) is 21.2. The van der Waals surface area contributed by atoms with Crippen LogP contribution in [0.3, 0.4) is 0 Å². The highest BCUT2D eigenvalue weighted by Crippen LogP contribution is 2.45. The zero-order chi connectivity index (χ0) is 20.4. The fourth-order valence-electron chi connectivity index (χ4n) is 3.59. The number of likely N-dealkylation sites (N-methyl/N-ethyl adjacent to an activating group) is 1. The zero-order valence-electron chi connectivity index (χ0n) is 17.2. The minimum atomic E-state index is 0.0649. The van der Waals surface area contributed by atoms with E-state index in [1.165, 1.54) is 15.1 Å². The van der Waals surface area contributed by atoms with Gasteiger partial charge in [0.1, 0.15) is 10.0 Å². The maximum Gasteiger partial charge on any atom is 0.226 e. The number of anilines is 1. The van der Waals surface area contributed by atoms with Gasteiger partial charge in [0.25, 0.3) is 0 Å². The number of hydrogen-bond donors (Lipinski definition) is 2. The molecule has 1 unspecified atom stereocenters. The van der Waals surface area contributed by atoms with Gasteiger partial charge in [-0.1, -0.05) is 19.1 Å². The third-order valence-corrected chi connectivity index (χ3v) is 7.65. The van der Waals surface area contributed by atoms with Crippen LogP contribution in [0.15, 0.2) is 24.3 Å². The Kier molecular flexibility index (Phi) is 6.29. The Bertz CT molecular complexity index is 977. The molecule has 0 saturated carbocycles. The normalized spacial score (nSPS) is 15.4. The molecule has 2 aromatic heterocycles. The zero-order valence-corrected chi connectivity index (χ0v) is 18.9. The Morgan fingerprint density at radius 1 is 1.31 bits per heavy atom. The van der Waals surface area contributed by atoms with Crippen LogP contribution in [-0.4, -0.2) is 42.0 Å². The van der Waals surface area contributed by atoms with E-state index >= 15 is 0 Å². The van der Waals surface area contributed by atoms with Crippen molar-refractivity contribution in [2.45, 2.75) is 45.7 Å². The van der Waals surface area contributed by atoms with Crippen molar-refractivity contribution in [1.29, 1.82) is 0 Å². The lowest BCUT2D eigenvalue weighted by molar-refractivity contribution is -0.116. The Labute approximate surface area is 180 Å². The second kappa shape index (κ2) is 8.92. The summed E-state index contributed by atoms with van der Waals surface area (Å²) >= 11 is 3.43. The minimum Gasteiger partial charge on any atom is -0.317 e. The molecular weight excluding hydrogens is 400 g/mol. The first-order valence-electron chi connectivity index (χ1n) is 10.3. The van der Waals surface area contributed by atoms with E-state index in [0.29, 0.717) is 19.0 Å². The molecule has 0 saturated heterocycles. The molecule has 5 nitrogen and oxygen atoms in total. The molecule has 0 bridgehead atoms. The molecule has 154 valence electrons. The highest BCUT2D eigenvalue weighted by molar-refractivity contribution is 7.22. The summed E-state index contributed by atoms with van der Waals surface area (Å²) in [6, 6.07) is 8.68. The van der Waals surface area contributed by atoms with E-state index in [4.69, 9.17) is 4.98 Å². The summed E-state index contributed by atoms with van der Waals surface area (Å²) in [6.45, 7) is 6.96. The minimum absolute atomic E-state index is 0.0649. The van der Waals surface area contributed by atoms with Crippen molar-refractivity contribution in [3.8, 4) is 10.6 Å². The molecule has 2 N–H and O–H groups in total. The number of carbonyl (C=O) groups excluding carboxylic acids is 1. The third-order valence-electron chi connectivity index (χ3n) is 5.47. The Hall–Kier alpha value is -1.80. The number of thiazole rings is 1. The van der Waals surface area contributed by atoms with Crippen molar-refractivity contribution in [3.63, 3.8) is 0 Å². The number of para-hydroxylation sites is 1. The summed E-state index contributed by atoms with van der Waals surface area (Å²) in [5, 5.41) is 8.57. The van der Waals surface area contributed by atoms with Gasteiger partial charge in [-0.25, -0.2) is 4.98 Å².